The molecule has 8 nitrogen and oxygen atoms in total. The predicted molar refractivity (Wildman–Crippen MR) is 188 cm³/mol. The van der Waals surface area contributed by atoms with Crippen LogP contribution in [0.15, 0.2) is 24.3 Å². The van der Waals surface area contributed by atoms with E-state index in [0.29, 0.717) is 35.9 Å². The topological polar surface area (TPSA) is 79.8 Å². The highest BCUT2D eigenvalue weighted by atomic mass is 31.0. The van der Waals surface area contributed by atoms with Crippen LogP contribution in [0.1, 0.15) is 68.4 Å². The van der Waals surface area contributed by atoms with E-state index in [1.165, 1.54) is 55.0 Å². The van der Waals surface area contributed by atoms with E-state index >= 15 is 0 Å². The number of amides is 1. The molecular weight excluding hydrogens is 580 g/mol. The number of likely N-dealkylation sites (tertiary alicyclic amines) is 1. The largest absolute Gasteiger partial charge is 0.495 e. The van der Waals surface area contributed by atoms with E-state index in [-0.39, 0.29) is 11.0 Å². The SMILES string of the molecule is BC(C)(P)Cn1c(C#CCNc2ccc(C(=O)NCC)cc2OC)cc2c1=CCCC=2NC1CCC(N2CC3(COC3)C2)CC1. The number of nitrogens with one attached hydrogen (secondary N) is 3. The van der Waals surface area contributed by atoms with Crippen LogP contribution in [0, 0.1) is 17.3 Å². The third kappa shape index (κ3) is 7.24. The van der Waals surface area contributed by atoms with Gasteiger partial charge in [0.1, 0.15) is 13.6 Å². The Morgan fingerprint density at radius 2 is 2.00 bits per heavy atom. The Labute approximate surface area is 271 Å². The molecular formula is C35H49BN5O3P. The van der Waals surface area contributed by atoms with Crippen molar-refractivity contribution in [3.8, 4) is 17.6 Å². The lowest BCUT2D eigenvalue weighted by Gasteiger charge is -2.58. The van der Waals surface area contributed by atoms with E-state index in [0.717, 1.165) is 50.0 Å². The first-order valence-electron chi connectivity index (χ1n) is 16.7. The van der Waals surface area contributed by atoms with Crippen LogP contribution in [0.4, 0.5) is 5.69 Å². The summed E-state index contributed by atoms with van der Waals surface area (Å²) in [5, 5.41) is 12.9. The molecule has 2 aromatic rings. The van der Waals surface area contributed by atoms with Gasteiger partial charge in [-0.15, -0.1) is 9.24 Å². The van der Waals surface area contributed by atoms with E-state index < -0.39 is 0 Å². The Morgan fingerprint density at radius 3 is 2.67 bits per heavy atom. The molecule has 1 aromatic carbocycles. The molecule has 4 aliphatic rings. The molecule has 2 atom stereocenters. The van der Waals surface area contributed by atoms with E-state index in [1.807, 2.05) is 13.0 Å². The number of benzene rings is 1. The number of carbonyl (C=O) groups excluding carboxylic acids is 1. The summed E-state index contributed by atoms with van der Waals surface area (Å²) < 4.78 is 13.4. The second kappa shape index (κ2) is 13.4. The van der Waals surface area contributed by atoms with Gasteiger partial charge in [-0.05, 0) is 80.7 Å². The second-order valence-corrected chi connectivity index (χ2v) is 15.7. The van der Waals surface area contributed by atoms with E-state index in [9.17, 15) is 4.79 Å². The summed E-state index contributed by atoms with van der Waals surface area (Å²) in [6.45, 7) is 10.5. The third-order valence-electron chi connectivity index (χ3n) is 9.63. The molecule has 6 rings (SSSR count). The normalized spacial score (nSPS) is 23.2. The van der Waals surface area contributed by atoms with Gasteiger partial charge in [0.25, 0.3) is 5.91 Å². The second-order valence-electron chi connectivity index (χ2n) is 14.1. The van der Waals surface area contributed by atoms with Gasteiger partial charge in [0, 0.05) is 65.5 Å². The van der Waals surface area contributed by atoms with Crippen LogP contribution >= 0.6 is 9.24 Å². The Bertz CT molecular complexity index is 1580. The molecule has 2 unspecified atom stereocenters. The number of hydrogen-bond donors (Lipinski definition) is 3. The van der Waals surface area contributed by atoms with Gasteiger partial charge in [-0.1, -0.05) is 18.9 Å². The van der Waals surface area contributed by atoms with Crippen LogP contribution < -0.4 is 31.3 Å². The molecule has 0 radical (unpaired) electrons. The molecule has 45 heavy (non-hydrogen) atoms. The van der Waals surface area contributed by atoms with Gasteiger partial charge in [0.15, 0.2) is 0 Å². The average molecular weight is 630 g/mol. The molecule has 2 aliphatic carbocycles. The molecule has 1 aromatic heterocycles. The molecule has 1 spiro atoms. The maximum atomic E-state index is 12.2. The summed E-state index contributed by atoms with van der Waals surface area (Å²) >= 11 is 0. The Hall–Kier alpha value is -2.92. The number of aromatic nitrogens is 1. The highest BCUT2D eigenvalue weighted by Crippen LogP contribution is 2.41. The summed E-state index contributed by atoms with van der Waals surface area (Å²) in [4.78, 5) is 15.0. The van der Waals surface area contributed by atoms with Crippen LogP contribution in [0.2, 0.25) is 0 Å². The third-order valence-corrected chi connectivity index (χ3v) is 9.81. The van der Waals surface area contributed by atoms with Gasteiger partial charge < -0.3 is 30.0 Å². The van der Waals surface area contributed by atoms with Crippen molar-refractivity contribution in [1.82, 2.24) is 20.1 Å². The fraction of sp³-hybridized carbons (Fsp3) is 0.571. The van der Waals surface area contributed by atoms with Gasteiger partial charge >= 0.3 is 0 Å². The summed E-state index contributed by atoms with van der Waals surface area (Å²) in [5.41, 5.74) is 4.32. The number of fused-ring (bicyclic) bond motifs is 1. The highest BCUT2D eigenvalue weighted by Gasteiger charge is 2.50. The number of anilines is 1. The summed E-state index contributed by atoms with van der Waals surface area (Å²) in [7, 11) is 6.87. The van der Waals surface area contributed by atoms with Crippen molar-refractivity contribution < 1.29 is 14.3 Å². The quantitative estimate of drug-likeness (QED) is 0.212. The zero-order chi connectivity index (χ0) is 31.6. The van der Waals surface area contributed by atoms with Crippen molar-refractivity contribution in [3.63, 3.8) is 0 Å². The van der Waals surface area contributed by atoms with Crippen LogP contribution in [0.25, 0.3) is 11.8 Å². The average Bonchev–Trinajstić information content (AvgIpc) is 3.31. The van der Waals surface area contributed by atoms with Crippen LogP contribution in [0.3, 0.4) is 0 Å². The molecule has 3 fully saturated rings. The van der Waals surface area contributed by atoms with Crippen LogP contribution in [0.5, 0.6) is 5.75 Å². The van der Waals surface area contributed by atoms with E-state index in [1.54, 1.807) is 19.2 Å². The standard InChI is InChI=1S/C35H49BN5O3P/c1-4-37-33(42)24-10-15-30(32(17-24)43-3)38-16-6-7-27-18-28-29(8-5-9-31(28)41(27)19-34(2,36)45)39-25-11-13-26(14-12-25)40-20-35(21-40)22-44-23-35/h9-10,15,17-18,25-26,38-39H,4-5,8,11-14,16,19-23,36,45H2,1-3H3,(H,37,42). The molecule has 3 heterocycles. The lowest BCUT2D eigenvalue weighted by molar-refractivity contribution is -0.200. The van der Waals surface area contributed by atoms with Crippen molar-refractivity contribution in [2.24, 2.45) is 5.41 Å². The Balaban J connectivity index is 1.15. The Morgan fingerprint density at radius 1 is 1.22 bits per heavy atom. The number of rotatable bonds is 10. The molecule has 240 valence electrons. The monoisotopic (exact) mass is 629 g/mol. The zero-order valence-electron chi connectivity index (χ0n) is 27.4. The maximum absolute atomic E-state index is 12.2. The lowest BCUT2D eigenvalue weighted by atomic mass is 9.75. The number of hydrogen-bond acceptors (Lipinski definition) is 6. The predicted octanol–water partition coefficient (Wildman–Crippen LogP) is 1.85. The van der Waals surface area contributed by atoms with Crippen LogP contribution in [-0.4, -0.2) is 86.9 Å². The van der Waals surface area contributed by atoms with Crippen molar-refractivity contribution >= 4 is 40.5 Å². The van der Waals surface area contributed by atoms with E-state index in [2.05, 4.69) is 73.4 Å². The minimum Gasteiger partial charge on any atom is -0.495 e. The molecule has 1 saturated carbocycles. The van der Waals surface area contributed by atoms with Gasteiger partial charge in [-0.3, -0.25) is 9.69 Å². The summed E-state index contributed by atoms with van der Waals surface area (Å²) in [6.07, 6.45) is 9.53. The van der Waals surface area contributed by atoms with Crippen molar-refractivity contribution in [3.05, 3.63) is 46.1 Å². The van der Waals surface area contributed by atoms with E-state index in [4.69, 9.17) is 9.47 Å². The minimum absolute atomic E-state index is 0.0406. The molecule has 1 amide bonds. The van der Waals surface area contributed by atoms with Gasteiger partial charge in [0.05, 0.1) is 38.2 Å². The van der Waals surface area contributed by atoms with Crippen molar-refractivity contribution in [2.75, 3.05) is 51.8 Å². The smallest absolute Gasteiger partial charge is 0.251 e. The van der Waals surface area contributed by atoms with Crippen molar-refractivity contribution in [1.29, 1.82) is 0 Å². The molecule has 10 heteroatoms. The number of methoxy groups -OCH3 is 1. The zero-order valence-corrected chi connectivity index (χ0v) is 28.6. The highest BCUT2D eigenvalue weighted by molar-refractivity contribution is 7.22. The Kier molecular flexibility index (Phi) is 9.57. The minimum atomic E-state index is -0.108. The molecule has 2 saturated heterocycles. The molecule has 2 aliphatic heterocycles. The fourth-order valence-corrected chi connectivity index (χ4v) is 7.52. The first-order valence-corrected chi connectivity index (χ1v) is 17.2. The number of nitrogens with zero attached hydrogens (tertiary/aromatic N) is 2. The first kappa shape index (κ1) is 32.0. The number of ether oxygens (including phenoxy) is 2. The van der Waals surface area contributed by atoms with Gasteiger partial charge in [-0.2, -0.15) is 0 Å². The summed E-state index contributed by atoms with van der Waals surface area (Å²) in [5.74, 6) is 7.35. The van der Waals surface area contributed by atoms with Crippen molar-refractivity contribution in [2.45, 2.75) is 76.1 Å². The maximum Gasteiger partial charge on any atom is 0.251 e. The lowest BCUT2D eigenvalue weighted by Crippen LogP contribution is -2.68. The van der Waals surface area contributed by atoms with Gasteiger partial charge in [0.2, 0.25) is 0 Å². The first-order chi connectivity index (χ1) is 21.7. The fourth-order valence-electron chi connectivity index (χ4n) is 7.34. The molecule has 0 bridgehead atoms. The molecule has 3 N–H and O–H groups in total. The number of carbonyl (C=O) groups is 1. The summed E-state index contributed by atoms with van der Waals surface area (Å²) in [6, 6.07) is 9.03. The van der Waals surface area contributed by atoms with Crippen LogP contribution in [-0.2, 0) is 11.3 Å². The van der Waals surface area contributed by atoms with Gasteiger partial charge in [-0.25, -0.2) is 0 Å².